The zero-order chi connectivity index (χ0) is 20.1. The largest absolute Gasteiger partial charge is 0.415 e. The van der Waals surface area contributed by atoms with Crippen molar-refractivity contribution in [3.63, 3.8) is 0 Å². The van der Waals surface area contributed by atoms with Crippen LogP contribution in [0.1, 0.15) is 31.1 Å². The molecular formula is C19H31N3O3Si. The van der Waals surface area contributed by atoms with E-state index in [1.807, 2.05) is 11.9 Å². The minimum absolute atomic E-state index is 0.164. The number of carbonyl (C=O) groups is 2. The summed E-state index contributed by atoms with van der Waals surface area (Å²) in [7, 11) is 0.148. The lowest BCUT2D eigenvalue weighted by Gasteiger charge is -2.36. The quantitative estimate of drug-likeness (QED) is 0.537. The fraction of sp³-hybridized carbons (Fsp3) is 0.474. The van der Waals surface area contributed by atoms with E-state index < -0.39 is 20.1 Å². The van der Waals surface area contributed by atoms with E-state index in [1.165, 1.54) is 0 Å². The number of likely N-dealkylation sites (N-methyl/N-ethyl adjacent to an activating group) is 1. The van der Waals surface area contributed by atoms with Crippen molar-refractivity contribution in [2.75, 3.05) is 30.4 Å². The number of anilines is 2. The van der Waals surface area contributed by atoms with Crippen LogP contribution in [-0.4, -0.2) is 40.3 Å². The van der Waals surface area contributed by atoms with Gasteiger partial charge in [-0.3, -0.25) is 9.59 Å². The van der Waals surface area contributed by atoms with Crippen molar-refractivity contribution in [2.45, 2.75) is 38.9 Å². The van der Waals surface area contributed by atoms with Gasteiger partial charge in [-0.1, -0.05) is 27.4 Å². The first-order chi connectivity index (χ1) is 11.9. The monoisotopic (exact) mass is 377 g/mol. The number of carbonyl (C=O) groups excluding carboxylic acids is 2. The smallest absolute Gasteiger partial charge is 0.250 e. The van der Waals surface area contributed by atoms with E-state index in [9.17, 15) is 9.59 Å². The number of hydrogen-bond acceptors (Lipinski definition) is 4. The molecule has 0 heterocycles. The van der Waals surface area contributed by atoms with Gasteiger partial charge in [-0.2, -0.15) is 0 Å². The van der Waals surface area contributed by atoms with Crippen LogP contribution in [0.15, 0.2) is 30.9 Å². The summed E-state index contributed by atoms with van der Waals surface area (Å²) in [5.74, 6) is -0.992. The maximum atomic E-state index is 11.6. The van der Waals surface area contributed by atoms with E-state index in [1.54, 1.807) is 18.2 Å². The van der Waals surface area contributed by atoms with Gasteiger partial charge in [0.15, 0.2) is 8.32 Å². The maximum Gasteiger partial charge on any atom is 0.250 e. The van der Waals surface area contributed by atoms with Crippen LogP contribution < -0.4 is 16.0 Å². The molecule has 0 fully saturated rings. The van der Waals surface area contributed by atoms with Crippen molar-refractivity contribution in [2.24, 2.45) is 5.73 Å². The van der Waals surface area contributed by atoms with Crippen LogP contribution in [0.3, 0.4) is 0 Å². The summed E-state index contributed by atoms with van der Waals surface area (Å²) in [5.41, 5.74) is 6.87. The highest BCUT2D eigenvalue weighted by Crippen LogP contribution is 2.36. The number of benzene rings is 1. The number of nitrogens with two attached hydrogens (primary N) is 1. The highest BCUT2D eigenvalue weighted by Gasteiger charge is 2.36. The fourth-order valence-electron chi connectivity index (χ4n) is 2.06. The highest BCUT2D eigenvalue weighted by molar-refractivity contribution is 6.74. The molecule has 2 amide bonds. The molecule has 0 aliphatic carbocycles. The molecular weight excluding hydrogens is 346 g/mol. The summed E-state index contributed by atoms with van der Waals surface area (Å²) < 4.78 is 6.20. The maximum absolute atomic E-state index is 11.6. The highest BCUT2D eigenvalue weighted by atomic mass is 28.4. The lowest BCUT2D eigenvalue weighted by Crippen LogP contribution is -2.42. The topological polar surface area (TPSA) is 84.7 Å². The summed E-state index contributed by atoms with van der Waals surface area (Å²) in [4.78, 5) is 25.2. The van der Waals surface area contributed by atoms with E-state index in [0.717, 1.165) is 11.8 Å². The lowest BCUT2D eigenvalue weighted by atomic mass is 10.1. The Morgan fingerprint density at radius 3 is 2.46 bits per heavy atom. The van der Waals surface area contributed by atoms with Gasteiger partial charge in [0.05, 0.1) is 17.9 Å². The zero-order valence-corrected chi connectivity index (χ0v) is 17.7. The molecule has 1 aromatic rings. The molecule has 0 aromatic heterocycles. The molecule has 0 saturated heterocycles. The van der Waals surface area contributed by atoms with Crippen molar-refractivity contribution in [3.8, 4) is 0 Å². The van der Waals surface area contributed by atoms with Gasteiger partial charge in [-0.25, -0.2) is 0 Å². The SMILES string of the molecule is C=CC(=O)Nc1cc(N(C)CCO[Si](C)(C)C(C)(C)C)ccc1C(N)=O. The summed E-state index contributed by atoms with van der Waals surface area (Å²) in [6.45, 7) is 15.8. The lowest BCUT2D eigenvalue weighted by molar-refractivity contribution is -0.111. The van der Waals surface area contributed by atoms with Crippen molar-refractivity contribution < 1.29 is 14.0 Å². The van der Waals surface area contributed by atoms with Crippen LogP contribution in [0, 0.1) is 0 Å². The summed E-state index contributed by atoms with van der Waals surface area (Å²) in [5, 5.41) is 2.79. The van der Waals surface area contributed by atoms with E-state index >= 15 is 0 Å². The molecule has 0 atom stereocenters. The van der Waals surface area contributed by atoms with Crippen LogP contribution in [0.5, 0.6) is 0 Å². The number of nitrogens with one attached hydrogen (secondary N) is 1. The van der Waals surface area contributed by atoms with E-state index in [4.69, 9.17) is 10.2 Å². The van der Waals surface area contributed by atoms with E-state index in [0.29, 0.717) is 18.8 Å². The molecule has 1 rings (SSSR count). The van der Waals surface area contributed by atoms with Gasteiger partial charge < -0.3 is 20.4 Å². The summed E-state index contributed by atoms with van der Waals surface area (Å²) >= 11 is 0. The Labute approximate surface area is 157 Å². The number of primary amides is 1. The van der Waals surface area contributed by atoms with Gasteiger partial charge in [0.2, 0.25) is 5.91 Å². The first kappa shape index (κ1) is 21.9. The predicted molar refractivity (Wildman–Crippen MR) is 110 cm³/mol. The average Bonchev–Trinajstić information content (AvgIpc) is 2.52. The van der Waals surface area contributed by atoms with Crippen molar-refractivity contribution in [1.29, 1.82) is 0 Å². The van der Waals surface area contributed by atoms with Crippen LogP contribution >= 0.6 is 0 Å². The standard InChI is InChI=1S/C19H31N3O3Si/c1-8-17(23)21-16-13-14(9-10-15(16)18(20)24)22(5)11-12-25-26(6,7)19(2,3)4/h8-10,13H,1,11-12H2,2-7H3,(H2,20,24)(H,21,23). The third kappa shape index (κ3) is 5.71. The van der Waals surface area contributed by atoms with Crippen molar-refractivity contribution in [1.82, 2.24) is 0 Å². The summed E-state index contributed by atoms with van der Waals surface area (Å²) in [6, 6.07) is 5.14. The van der Waals surface area contributed by atoms with E-state index in [2.05, 4.69) is 45.8 Å². The van der Waals surface area contributed by atoms with Gasteiger partial charge >= 0.3 is 0 Å². The molecule has 3 N–H and O–H groups in total. The molecule has 6 nitrogen and oxygen atoms in total. The molecule has 1 aromatic carbocycles. The Morgan fingerprint density at radius 2 is 1.96 bits per heavy atom. The minimum Gasteiger partial charge on any atom is -0.415 e. The van der Waals surface area contributed by atoms with Crippen LogP contribution in [0.25, 0.3) is 0 Å². The fourth-order valence-corrected chi connectivity index (χ4v) is 3.09. The third-order valence-electron chi connectivity index (χ3n) is 4.85. The number of rotatable bonds is 8. The molecule has 0 aliphatic heterocycles. The second kappa shape index (κ2) is 8.51. The van der Waals surface area contributed by atoms with Gasteiger partial charge in [-0.15, -0.1) is 0 Å². The summed E-state index contributed by atoms with van der Waals surface area (Å²) in [6.07, 6.45) is 1.15. The molecule has 0 radical (unpaired) electrons. The van der Waals surface area contributed by atoms with Gasteiger partial charge in [0, 0.05) is 19.3 Å². The zero-order valence-electron chi connectivity index (χ0n) is 16.7. The van der Waals surface area contributed by atoms with E-state index in [-0.39, 0.29) is 10.6 Å². The van der Waals surface area contributed by atoms with Crippen LogP contribution in [-0.2, 0) is 9.22 Å². The van der Waals surface area contributed by atoms with Gasteiger partial charge in [0.1, 0.15) is 0 Å². The Morgan fingerprint density at radius 1 is 1.35 bits per heavy atom. The third-order valence-corrected chi connectivity index (χ3v) is 9.39. The van der Waals surface area contributed by atoms with Crippen molar-refractivity contribution >= 4 is 31.5 Å². The van der Waals surface area contributed by atoms with Crippen LogP contribution in [0.2, 0.25) is 18.1 Å². The van der Waals surface area contributed by atoms with Crippen LogP contribution in [0.4, 0.5) is 11.4 Å². The minimum atomic E-state index is -1.79. The Hall–Kier alpha value is -2.12. The van der Waals surface area contributed by atoms with Gasteiger partial charge in [0.25, 0.3) is 5.91 Å². The predicted octanol–water partition coefficient (Wildman–Crippen LogP) is 3.37. The molecule has 7 heteroatoms. The van der Waals surface area contributed by atoms with Crippen molar-refractivity contribution in [3.05, 3.63) is 36.4 Å². The number of nitrogens with zero attached hydrogens (tertiary/aromatic N) is 1. The molecule has 0 aliphatic rings. The van der Waals surface area contributed by atoms with Gasteiger partial charge in [-0.05, 0) is 42.4 Å². The number of amides is 2. The molecule has 0 saturated carbocycles. The Kier molecular flexibility index (Phi) is 7.17. The first-order valence-electron chi connectivity index (χ1n) is 8.61. The molecule has 144 valence electrons. The molecule has 0 unspecified atom stereocenters. The second-order valence-corrected chi connectivity index (χ2v) is 12.6. The molecule has 0 spiro atoms. The molecule has 0 bridgehead atoms. The molecule has 26 heavy (non-hydrogen) atoms. The average molecular weight is 378 g/mol. The number of hydrogen-bond donors (Lipinski definition) is 2. The Balaban J connectivity index is 2.87. The first-order valence-corrected chi connectivity index (χ1v) is 11.5. The normalized spacial score (nSPS) is 11.8. The Bertz CT molecular complexity index is 681. The second-order valence-electron chi connectivity index (χ2n) is 7.82.